The molecule has 5 rings (SSSR count). The van der Waals surface area contributed by atoms with Crippen LogP contribution in [-0.2, 0) is 30.3 Å². The van der Waals surface area contributed by atoms with Crippen molar-refractivity contribution in [3.05, 3.63) is 90.3 Å². The van der Waals surface area contributed by atoms with E-state index in [0.29, 0.717) is 30.7 Å². The topological polar surface area (TPSA) is 108 Å². The molecule has 3 aromatic rings. The van der Waals surface area contributed by atoms with E-state index in [0.717, 1.165) is 5.69 Å². The lowest BCUT2D eigenvalue weighted by molar-refractivity contribution is -0.186. The maximum Gasteiger partial charge on any atom is 0.320 e. The molecule has 8 nitrogen and oxygen atoms in total. The molecule has 196 valence electrons. The van der Waals surface area contributed by atoms with Crippen molar-refractivity contribution in [3.8, 4) is 0 Å². The molecule has 2 saturated carbocycles. The summed E-state index contributed by atoms with van der Waals surface area (Å²) >= 11 is 0. The van der Waals surface area contributed by atoms with Gasteiger partial charge in [0.25, 0.3) is 0 Å². The summed E-state index contributed by atoms with van der Waals surface area (Å²) in [5.41, 5.74) is -0.992. The largest absolute Gasteiger partial charge is 0.468 e. The fourth-order valence-electron chi connectivity index (χ4n) is 6.82. The second kappa shape index (κ2) is 10.4. The molecule has 0 spiro atoms. The predicted octanol–water partition coefficient (Wildman–Crippen LogP) is 4.07. The number of aryl methyl sites for hydroxylation is 1. The average Bonchev–Trinajstić information content (AvgIpc) is 2.97. The summed E-state index contributed by atoms with van der Waals surface area (Å²) in [6, 6.07) is 16.7. The van der Waals surface area contributed by atoms with E-state index in [-0.39, 0.29) is 18.8 Å². The van der Waals surface area contributed by atoms with Crippen LogP contribution in [0, 0.1) is 16.7 Å². The number of rotatable bonds is 7. The second-order valence-corrected chi connectivity index (χ2v) is 10.2. The van der Waals surface area contributed by atoms with Crippen LogP contribution in [0.2, 0.25) is 0 Å². The molecule has 3 heterocycles. The van der Waals surface area contributed by atoms with E-state index >= 15 is 0 Å². The molecule has 38 heavy (non-hydrogen) atoms. The van der Waals surface area contributed by atoms with Crippen molar-refractivity contribution in [3.63, 3.8) is 0 Å². The Kier molecular flexibility index (Phi) is 7.06. The Hall–Kier alpha value is -3.94. The Labute approximate surface area is 221 Å². The minimum atomic E-state index is -1.57. The summed E-state index contributed by atoms with van der Waals surface area (Å²) in [5, 5.41) is 0. The Morgan fingerprint density at radius 1 is 0.789 bits per heavy atom. The molecule has 2 aliphatic carbocycles. The van der Waals surface area contributed by atoms with Gasteiger partial charge in [-0.3, -0.25) is 29.3 Å². The van der Waals surface area contributed by atoms with Gasteiger partial charge in [-0.1, -0.05) is 18.2 Å². The zero-order valence-electron chi connectivity index (χ0n) is 21.6. The number of hydrogen-bond acceptors (Lipinski definition) is 8. The van der Waals surface area contributed by atoms with Gasteiger partial charge < -0.3 is 9.47 Å². The standard InChI is InChI=1S/C30H31N3O5/c1-37-27(35)29-18-20(12-13-21-9-3-6-14-31-21)19-30(26(29)34,28(36)38-2)23(25-11-5-8-16-33-25)17-22(29)24-10-4-7-15-32-24/h3-11,14-16,20,22-23H,12-13,17-19H2,1-2H3. The number of aromatic nitrogens is 3. The van der Waals surface area contributed by atoms with Gasteiger partial charge in [0.1, 0.15) is 10.8 Å². The van der Waals surface area contributed by atoms with Gasteiger partial charge in [0, 0.05) is 47.5 Å². The summed E-state index contributed by atoms with van der Waals surface area (Å²) in [7, 11) is 2.59. The minimum absolute atomic E-state index is 0.148. The molecule has 0 N–H and O–H groups in total. The van der Waals surface area contributed by atoms with Gasteiger partial charge in [0.2, 0.25) is 0 Å². The Bertz CT molecular complexity index is 1230. The van der Waals surface area contributed by atoms with E-state index < -0.39 is 40.4 Å². The van der Waals surface area contributed by atoms with Crippen LogP contribution in [0.15, 0.2) is 73.2 Å². The zero-order chi connectivity index (χ0) is 26.8. The first-order valence-electron chi connectivity index (χ1n) is 12.9. The molecule has 0 aromatic carbocycles. The molecule has 3 aromatic heterocycles. The van der Waals surface area contributed by atoms with E-state index in [2.05, 4.69) is 15.0 Å². The number of ether oxygens (including phenoxy) is 2. The molecule has 0 radical (unpaired) electrons. The number of nitrogens with zero attached hydrogens (tertiary/aromatic N) is 3. The Morgan fingerprint density at radius 2 is 1.29 bits per heavy atom. The lowest BCUT2D eigenvalue weighted by Gasteiger charge is -2.56. The second-order valence-electron chi connectivity index (χ2n) is 10.2. The third-order valence-corrected chi connectivity index (χ3v) is 8.42. The maximum atomic E-state index is 14.8. The summed E-state index contributed by atoms with van der Waals surface area (Å²) in [4.78, 5) is 55.9. The third-order valence-electron chi connectivity index (χ3n) is 8.42. The van der Waals surface area contributed by atoms with E-state index in [1.165, 1.54) is 14.2 Å². The molecular formula is C30H31N3O5. The van der Waals surface area contributed by atoms with Gasteiger partial charge in [-0.2, -0.15) is 0 Å². The first-order valence-corrected chi connectivity index (χ1v) is 12.9. The lowest BCUT2D eigenvalue weighted by Crippen LogP contribution is -2.65. The van der Waals surface area contributed by atoms with Gasteiger partial charge in [-0.25, -0.2) is 0 Å². The van der Waals surface area contributed by atoms with Crippen LogP contribution in [0.5, 0.6) is 0 Å². The quantitative estimate of drug-likeness (QED) is 0.344. The number of fused-ring (bicyclic) bond motifs is 2. The van der Waals surface area contributed by atoms with Crippen molar-refractivity contribution in [1.29, 1.82) is 0 Å². The minimum Gasteiger partial charge on any atom is -0.468 e. The molecular weight excluding hydrogens is 482 g/mol. The van der Waals surface area contributed by atoms with Crippen LogP contribution in [0.25, 0.3) is 0 Å². The van der Waals surface area contributed by atoms with E-state index in [9.17, 15) is 14.4 Å². The number of Topliss-reactive ketones (excluding diaryl/α,β-unsaturated/α-hetero) is 1. The summed E-state index contributed by atoms with van der Waals surface area (Å²) < 4.78 is 10.7. The SMILES string of the molecule is COC(=O)C12CC(CCc3ccccn3)CC(C(=O)OC)(C1=O)C(c1ccccn1)CC2c1ccccn1. The van der Waals surface area contributed by atoms with E-state index in [4.69, 9.17) is 9.47 Å². The third kappa shape index (κ3) is 4.08. The maximum absolute atomic E-state index is 14.8. The highest BCUT2D eigenvalue weighted by molar-refractivity contribution is 6.17. The predicted molar refractivity (Wildman–Crippen MR) is 138 cm³/mol. The van der Waals surface area contributed by atoms with Crippen molar-refractivity contribution in [1.82, 2.24) is 15.0 Å². The van der Waals surface area contributed by atoms with Crippen molar-refractivity contribution >= 4 is 17.7 Å². The van der Waals surface area contributed by atoms with Crippen molar-refractivity contribution in [2.45, 2.75) is 43.9 Å². The summed E-state index contributed by atoms with van der Waals surface area (Å²) in [6.45, 7) is 0. The van der Waals surface area contributed by atoms with Gasteiger partial charge in [0.15, 0.2) is 5.78 Å². The normalized spacial score (nSPS) is 28.4. The van der Waals surface area contributed by atoms with E-state index in [1.54, 1.807) is 30.7 Å². The highest BCUT2D eigenvalue weighted by Crippen LogP contribution is 2.65. The van der Waals surface area contributed by atoms with Crippen LogP contribution in [-0.4, -0.2) is 46.9 Å². The lowest BCUT2D eigenvalue weighted by atomic mass is 9.43. The first-order chi connectivity index (χ1) is 18.5. The van der Waals surface area contributed by atoms with Gasteiger partial charge in [0.05, 0.1) is 14.2 Å². The monoisotopic (exact) mass is 513 g/mol. The van der Waals surface area contributed by atoms with Gasteiger partial charge >= 0.3 is 11.9 Å². The molecule has 4 atom stereocenters. The number of esters is 2. The number of pyridine rings is 3. The number of carbonyl (C=O) groups excluding carboxylic acids is 3. The van der Waals surface area contributed by atoms with Crippen molar-refractivity contribution < 1.29 is 23.9 Å². The first kappa shape index (κ1) is 25.7. The van der Waals surface area contributed by atoms with Crippen LogP contribution in [0.3, 0.4) is 0 Å². The van der Waals surface area contributed by atoms with Crippen molar-refractivity contribution in [2.75, 3.05) is 14.2 Å². The fourth-order valence-corrected chi connectivity index (χ4v) is 6.82. The number of hydrogen-bond donors (Lipinski definition) is 0. The molecule has 4 unspecified atom stereocenters. The number of carbonyl (C=O) groups is 3. The van der Waals surface area contributed by atoms with Crippen molar-refractivity contribution in [2.24, 2.45) is 16.7 Å². The molecule has 8 heteroatoms. The van der Waals surface area contributed by atoms with Crippen LogP contribution >= 0.6 is 0 Å². The number of ketones is 1. The Balaban J connectivity index is 1.70. The molecule has 2 aliphatic rings. The Morgan fingerprint density at radius 3 is 1.71 bits per heavy atom. The van der Waals surface area contributed by atoms with Gasteiger partial charge in [-0.15, -0.1) is 0 Å². The van der Waals surface area contributed by atoms with Crippen LogP contribution in [0.4, 0.5) is 0 Å². The average molecular weight is 514 g/mol. The molecule has 2 fully saturated rings. The molecule has 0 saturated heterocycles. The number of methoxy groups -OCH3 is 2. The molecule has 2 bridgehead atoms. The smallest absolute Gasteiger partial charge is 0.320 e. The van der Waals surface area contributed by atoms with Gasteiger partial charge in [-0.05, 0) is 74.4 Å². The molecule has 0 amide bonds. The molecule has 0 aliphatic heterocycles. The van der Waals surface area contributed by atoms with Crippen LogP contribution < -0.4 is 0 Å². The summed E-state index contributed by atoms with van der Waals surface area (Å²) in [6.07, 6.45) is 7.21. The highest BCUT2D eigenvalue weighted by atomic mass is 16.5. The summed E-state index contributed by atoms with van der Waals surface area (Å²) in [5.74, 6) is -3.04. The van der Waals surface area contributed by atoms with E-state index in [1.807, 2.05) is 42.5 Å². The fraction of sp³-hybridized carbons (Fsp3) is 0.400. The highest BCUT2D eigenvalue weighted by Gasteiger charge is 2.73. The zero-order valence-corrected chi connectivity index (χ0v) is 21.6. The van der Waals surface area contributed by atoms with Crippen LogP contribution in [0.1, 0.15) is 54.6 Å².